The minimum Gasteiger partial charge on any atom is -0.509 e. The van der Waals surface area contributed by atoms with Crippen molar-refractivity contribution in [2.45, 2.75) is 44.2 Å². The highest BCUT2D eigenvalue weighted by Gasteiger charge is 2.52. The van der Waals surface area contributed by atoms with Crippen LogP contribution in [0.2, 0.25) is 0 Å². The van der Waals surface area contributed by atoms with Crippen LogP contribution in [0.5, 0.6) is 0 Å². The molecule has 0 unspecified atom stereocenters. The number of anilines is 1. The van der Waals surface area contributed by atoms with Crippen LogP contribution in [0.4, 0.5) is 40.8 Å². The molecule has 0 aliphatic carbocycles. The summed E-state index contributed by atoms with van der Waals surface area (Å²) in [4.78, 5) is 30.5. The van der Waals surface area contributed by atoms with Gasteiger partial charge in [-0.3, -0.25) is 19.6 Å². The van der Waals surface area contributed by atoms with Crippen molar-refractivity contribution in [1.82, 2.24) is 15.0 Å². The number of hydrogen-bond donors (Lipinski definition) is 2. The molecule has 0 radical (unpaired) electrons. The largest absolute Gasteiger partial charge is 0.509 e. The number of aliphatic hydroxyl groups is 1. The Labute approximate surface area is 244 Å². The lowest BCUT2D eigenvalue weighted by atomic mass is 9.90. The second-order valence-electron chi connectivity index (χ2n) is 10.4. The number of nitrogens with zero attached hydrogens (tertiary/aromatic N) is 3. The zero-order valence-electron chi connectivity index (χ0n) is 22.7. The molecule has 2 amide bonds. The van der Waals surface area contributed by atoms with E-state index in [0.29, 0.717) is 30.8 Å². The highest BCUT2D eigenvalue weighted by Crippen LogP contribution is 2.43. The highest BCUT2D eigenvalue weighted by molar-refractivity contribution is 6.24. The smallest absolute Gasteiger partial charge is 0.433 e. The normalized spacial score (nSPS) is 19.4. The van der Waals surface area contributed by atoms with Crippen LogP contribution in [0.1, 0.15) is 36.6 Å². The number of fused-ring (bicyclic) bond motifs is 1. The van der Waals surface area contributed by atoms with Crippen molar-refractivity contribution in [3.63, 3.8) is 0 Å². The molecule has 15 heteroatoms. The summed E-state index contributed by atoms with van der Waals surface area (Å²) < 4.78 is 108. The Morgan fingerprint density at radius 2 is 1.77 bits per heavy atom. The highest BCUT2D eigenvalue weighted by atomic mass is 19.4. The molecule has 1 atom stereocenters. The van der Waals surface area contributed by atoms with Gasteiger partial charge in [-0.25, -0.2) is 13.8 Å². The van der Waals surface area contributed by atoms with Gasteiger partial charge < -0.3 is 10.4 Å². The standard InChI is InChI=1S/C29H22F8N4O3/c1-27-10-3-11-41(27)40(14-16-4-2-5-19(30)23(16)31)26(44)22(24(27)42)25(43)39-20-8-7-17(28(32,33)34)12-18(20)15-6-9-21(38-13-15)29(35,36)37/h2,4-9,12-13,42H,3,10-11,14H2,1H3,(H,39,43)/t27-/m1/s1. The Balaban J connectivity index is 1.54. The van der Waals surface area contributed by atoms with Gasteiger partial charge in [-0.2, -0.15) is 26.3 Å². The number of aliphatic hydroxyl groups excluding tert-OH is 1. The number of alkyl halides is 6. The molecule has 3 heterocycles. The number of pyridine rings is 1. The summed E-state index contributed by atoms with van der Waals surface area (Å²) in [5, 5.41) is 15.9. The van der Waals surface area contributed by atoms with E-state index in [2.05, 4.69) is 10.3 Å². The van der Waals surface area contributed by atoms with Gasteiger partial charge in [0.25, 0.3) is 11.8 Å². The first-order chi connectivity index (χ1) is 20.5. The van der Waals surface area contributed by atoms with Crippen molar-refractivity contribution in [1.29, 1.82) is 0 Å². The van der Waals surface area contributed by atoms with Gasteiger partial charge in [0.05, 0.1) is 17.6 Å². The SMILES string of the molecule is C[C@]12CCCN1N(Cc1cccc(F)c1F)C(=O)C(C(=O)Nc1ccc(C(F)(F)F)cc1-c1ccc(C(F)(F)F)nc1)=C2O. The van der Waals surface area contributed by atoms with Gasteiger partial charge in [-0.05, 0) is 50.1 Å². The Morgan fingerprint density at radius 3 is 2.41 bits per heavy atom. The summed E-state index contributed by atoms with van der Waals surface area (Å²) in [7, 11) is 0. The first-order valence-electron chi connectivity index (χ1n) is 13.0. The van der Waals surface area contributed by atoms with Gasteiger partial charge in [-0.1, -0.05) is 18.2 Å². The van der Waals surface area contributed by atoms with Crippen molar-refractivity contribution in [2.24, 2.45) is 0 Å². The van der Waals surface area contributed by atoms with Crippen LogP contribution in [0, 0.1) is 11.6 Å². The van der Waals surface area contributed by atoms with E-state index in [-0.39, 0.29) is 35.3 Å². The zero-order chi connectivity index (χ0) is 32.2. The third-order valence-corrected chi connectivity index (χ3v) is 7.63. The summed E-state index contributed by atoms with van der Waals surface area (Å²) in [5.74, 6) is -5.36. The van der Waals surface area contributed by atoms with Crippen molar-refractivity contribution in [2.75, 3.05) is 11.9 Å². The minimum atomic E-state index is -4.86. The molecule has 0 spiro atoms. The van der Waals surface area contributed by atoms with E-state index in [4.69, 9.17) is 0 Å². The lowest BCUT2D eigenvalue weighted by Crippen LogP contribution is -2.60. The number of amides is 2. The molecule has 2 aromatic carbocycles. The van der Waals surface area contributed by atoms with E-state index in [9.17, 15) is 49.8 Å². The van der Waals surface area contributed by atoms with E-state index in [1.54, 1.807) is 0 Å². The molecule has 1 saturated heterocycles. The summed E-state index contributed by atoms with van der Waals surface area (Å²) in [6, 6.07) is 6.84. The average Bonchev–Trinajstić information content (AvgIpc) is 3.35. The van der Waals surface area contributed by atoms with E-state index in [0.717, 1.165) is 23.2 Å². The lowest BCUT2D eigenvalue weighted by Gasteiger charge is -2.46. The fourth-order valence-electron chi connectivity index (χ4n) is 5.35. The molecule has 0 bridgehead atoms. The van der Waals surface area contributed by atoms with Gasteiger partial charge in [0.1, 0.15) is 17.0 Å². The predicted molar refractivity (Wildman–Crippen MR) is 139 cm³/mol. The van der Waals surface area contributed by atoms with Gasteiger partial charge >= 0.3 is 12.4 Å². The minimum absolute atomic E-state index is 0.214. The van der Waals surface area contributed by atoms with Crippen molar-refractivity contribution in [3.8, 4) is 11.1 Å². The molecule has 5 rings (SSSR count). The van der Waals surface area contributed by atoms with E-state index in [1.807, 2.05) is 0 Å². The first kappa shape index (κ1) is 30.9. The Kier molecular flexibility index (Phi) is 7.64. The monoisotopic (exact) mass is 626 g/mol. The fourth-order valence-corrected chi connectivity index (χ4v) is 5.35. The maximum Gasteiger partial charge on any atom is 0.433 e. The van der Waals surface area contributed by atoms with Crippen LogP contribution in [0.15, 0.2) is 66.1 Å². The number of hydrogen-bond acceptors (Lipinski definition) is 5. The van der Waals surface area contributed by atoms with Crippen LogP contribution in [-0.4, -0.2) is 44.0 Å². The van der Waals surface area contributed by atoms with Crippen LogP contribution >= 0.6 is 0 Å². The Morgan fingerprint density at radius 1 is 1.05 bits per heavy atom. The Bertz CT molecular complexity index is 1670. The lowest BCUT2D eigenvalue weighted by molar-refractivity contribution is -0.160. The second-order valence-corrected chi connectivity index (χ2v) is 10.4. The van der Waals surface area contributed by atoms with Crippen molar-refractivity contribution < 1.29 is 49.8 Å². The van der Waals surface area contributed by atoms with Gasteiger partial charge in [0.15, 0.2) is 11.6 Å². The van der Waals surface area contributed by atoms with Crippen LogP contribution in [0.3, 0.4) is 0 Å². The van der Waals surface area contributed by atoms with Crippen LogP contribution in [-0.2, 0) is 28.5 Å². The molecule has 44 heavy (non-hydrogen) atoms. The molecule has 1 aromatic heterocycles. The average molecular weight is 627 g/mol. The van der Waals surface area contributed by atoms with E-state index in [1.165, 1.54) is 24.1 Å². The quantitative estimate of drug-likeness (QED) is 0.246. The van der Waals surface area contributed by atoms with Gasteiger partial charge in [0.2, 0.25) is 0 Å². The summed E-state index contributed by atoms with van der Waals surface area (Å²) >= 11 is 0. The predicted octanol–water partition coefficient (Wildman–Crippen LogP) is 6.63. The molecule has 3 aromatic rings. The zero-order valence-corrected chi connectivity index (χ0v) is 22.7. The molecule has 1 fully saturated rings. The maximum absolute atomic E-state index is 14.5. The summed E-state index contributed by atoms with van der Waals surface area (Å²) in [6.45, 7) is 1.24. The van der Waals surface area contributed by atoms with E-state index >= 15 is 0 Å². The third kappa shape index (κ3) is 5.47. The van der Waals surface area contributed by atoms with Crippen molar-refractivity contribution in [3.05, 3.63) is 94.5 Å². The summed E-state index contributed by atoms with van der Waals surface area (Å²) in [6.07, 6.45) is -8.28. The fraction of sp³-hybridized carbons (Fsp3) is 0.276. The van der Waals surface area contributed by atoms with E-state index < -0.39 is 70.5 Å². The number of aromatic nitrogens is 1. The maximum atomic E-state index is 14.5. The number of hydrazine groups is 1. The van der Waals surface area contributed by atoms with Crippen LogP contribution < -0.4 is 5.32 Å². The molecule has 232 valence electrons. The third-order valence-electron chi connectivity index (χ3n) is 7.63. The number of halogens is 8. The van der Waals surface area contributed by atoms with Gasteiger partial charge in [0, 0.05) is 35.1 Å². The second kappa shape index (κ2) is 10.9. The molecule has 7 nitrogen and oxygen atoms in total. The number of carbonyl (C=O) groups is 2. The van der Waals surface area contributed by atoms with Crippen molar-refractivity contribution >= 4 is 17.5 Å². The molecular formula is C29H22F8N4O3. The number of rotatable bonds is 5. The molecule has 0 saturated carbocycles. The number of benzene rings is 2. The molecule has 2 aliphatic rings. The Hall–Kier alpha value is -4.53. The first-order valence-corrected chi connectivity index (χ1v) is 13.0. The molecular weight excluding hydrogens is 604 g/mol. The topological polar surface area (TPSA) is 85.8 Å². The molecule has 2 N–H and O–H groups in total. The summed E-state index contributed by atoms with van der Waals surface area (Å²) in [5.41, 5.74) is -5.73. The van der Waals surface area contributed by atoms with Crippen LogP contribution in [0.25, 0.3) is 11.1 Å². The molecule has 2 aliphatic heterocycles. The van der Waals surface area contributed by atoms with Gasteiger partial charge in [-0.15, -0.1) is 0 Å². The number of nitrogens with one attached hydrogen (secondary N) is 1. The number of carbonyl (C=O) groups excluding carboxylic acids is 2.